The molecule has 1 amide bonds. The highest BCUT2D eigenvalue weighted by Crippen LogP contribution is 2.25. The third-order valence-electron chi connectivity index (χ3n) is 4.41. The third-order valence-corrected chi connectivity index (χ3v) is 7.65. The zero-order valence-corrected chi connectivity index (χ0v) is 15.5. The molecule has 0 radical (unpaired) electrons. The lowest BCUT2D eigenvalue weighted by Crippen LogP contribution is -2.35. The molecule has 1 heterocycles. The smallest absolute Gasteiger partial charge is 0.221 e. The quantitative estimate of drug-likeness (QED) is 0.774. The van der Waals surface area contributed by atoms with Crippen LogP contribution in [-0.2, 0) is 14.6 Å². The fourth-order valence-electron chi connectivity index (χ4n) is 2.97. The van der Waals surface area contributed by atoms with Crippen LogP contribution in [0.1, 0.15) is 43.0 Å². The molecule has 2 rings (SSSR count). The van der Waals surface area contributed by atoms with E-state index in [-0.39, 0.29) is 29.4 Å². The number of hydrogen-bond acceptors (Lipinski definition) is 5. The SMILES string of the molecule is CN(C)C(CNC(=O)CCS(=O)(=O)C1CCCC1)c1cccs1. The van der Waals surface area contributed by atoms with Crippen molar-refractivity contribution in [3.05, 3.63) is 22.4 Å². The lowest BCUT2D eigenvalue weighted by Gasteiger charge is -2.23. The summed E-state index contributed by atoms with van der Waals surface area (Å²) in [5.74, 6) is -0.218. The number of rotatable bonds is 8. The topological polar surface area (TPSA) is 66.5 Å². The molecule has 0 aliphatic heterocycles. The Kier molecular flexibility index (Phi) is 6.61. The van der Waals surface area contributed by atoms with E-state index in [2.05, 4.69) is 10.2 Å². The molecule has 1 unspecified atom stereocenters. The maximum Gasteiger partial charge on any atom is 0.221 e. The Labute approximate surface area is 143 Å². The van der Waals surface area contributed by atoms with E-state index in [9.17, 15) is 13.2 Å². The molecule has 5 nitrogen and oxygen atoms in total. The largest absolute Gasteiger partial charge is 0.354 e. The summed E-state index contributed by atoms with van der Waals surface area (Å²) in [7, 11) is 0.824. The summed E-state index contributed by atoms with van der Waals surface area (Å²) in [5.41, 5.74) is 0. The number of hydrogen-bond donors (Lipinski definition) is 1. The van der Waals surface area contributed by atoms with Crippen molar-refractivity contribution in [1.82, 2.24) is 10.2 Å². The van der Waals surface area contributed by atoms with E-state index in [1.807, 2.05) is 31.6 Å². The van der Waals surface area contributed by atoms with Crippen molar-refractivity contribution in [2.24, 2.45) is 0 Å². The molecular formula is C16H26N2O3S2. The number of nitrogens with one attached hydrogen (secondary N) is 1. The second-order valence-corrected chi connectivity index (χ2v) is 9.70. The first-order valence-corrected chi connectivity index (χ1v) is 10.7. The van der Waals surface area contributed by atoms with Crippen LogP contribution in [0.25, 0.3) is 0 Å². The summed E-state index contributed by atoms with van der Waals surface area (Å²) >= 11 is 1.66. The van der Waals surface area contributed by atoms with Crippen molar-refractivity contribution in [2.75, 3.05) is 26.4 Å². The molecule has 1 saturated carbocycles. The van der Waals surface area contributed by atoms with Gasteiger partial charge in [-0.05, 0) is 38.4 Å². The zero-order valence-electron chi connectivity index (χ0n) is 13.8. The molecule has 0 saturated heterocycles. The highest BCUT2D eigenvalue weighted by molar-refractivity contribution is 7.92. The van der Waals surface area contributed by atoms with Crippen molar-refractivity contribution in [1.29, 1.82) is 0 Å². The Bertz CT molecular complexity index is 591. The molecule has 130 valence electrons. The Hall–Kier alpha value is -0.920. The number of carbonyl (C=O) groups excluding carboxylic acids is 1. The minimum atomic E-state index is -3.12. The third kappa shape index (κ3) is 5.29. The second kappa shape index (κ2) is 8.26. The summed E-state index contributed by atoms with van der Waals surface area (Å²) in [5, 5.41) is 4.67. The molecule has 1 aliphatic rings. The summed E-state index contributed by atoms with van der Waals surface area (Å²) in [6.07, 6.45) is 3.54. The number of sulfone groups is 1. The van der Waals surface area contributed by atoms with Crippen LogP contribution in [0.15, 0.2) is 17.5 Å². The lowest BCUT2D eigenvalue weighted by atomic mass is 10.2. The molecule has 1 atom stereocenters. The lowest BCUT2D eigenvalue weighted by molar-refractivity contribution is -0.120. The Morgan fingerprint density at radius 1 is 1.39 bits per heavy atom. The summed E-state index contributed by atoms with van der Waals surface area (Å²) in [6, 6.07) is 4.16. The van der Waals surface area contributed by atoms with Gasteiger partial charge in [-0.2, -0.15) is 0 Å². The van der Waals surface area contributed by atoms with Gasteiger partial charge in [0, 0.05) is 17.8 Å². The molecule has 1 fully saturated rings. The van der Waals surface area contributed by atoms with Crippen LogP contribution in [0.2, 0.25) is 0 Å². The van der Waals surface area contributed by atoms with Crippen LogP contribution in [0.4, 0.5) is 0 Å². The van der Waals surface area contributed by atoms with Gasteiger partial charge >= 0.3 is 0 Å². The van der Waals surface area contributed by atoms with Gasteiger partial charge in [-0.25, -0.2) is 8.42 Å². The van der Waals surface area contributed by atoms with Gasteiger partial charge in [-0.3, -0.25) is 4.79 Å². The first kappa shape index (κ1) is 18.4. The van der Waals surface area contributed by atoms with Crippen molar-refractivity contribution in [3.63, 3.8) is 0 Å². The first-order chi connectivity index (χ1) is 10.9. The maximum atomic E-state index is 12.2. The molecule has 1 aliphatic carbocycles. The highest BCUT2D eigenvalue weighted by atomic mass is 32.2. The number of likely N-dealkylation sites (N-methyl/N-ethyl adjacent to an activating group) is 1. The van der Waals surface area contributed by atoms with Crippen LogP contribution in [0.5, 0.6) is 0 Å². The molecule has 1 N–H and O–H groups in total. The predicted octanol–water partition coefficient (Wildman–Crippen LogP) is 2.21. The van der Waals surface area contributed by atoms with Crippen molar-refractivity contribution in [2.45, 2.75) is 43.4 Å². The van der Waals surface area contributed by atoms with Crippen LogP contribution >= 0.6 is 11.3 Å². The van der Waals surface area contributed by atoms with E-state index in [4.69, 9.17) is 0 Å². The van der Waals surface area contributed by atoms with Gasteiger partial charge in [-0.15, -0.1) is 11.3 Å². The zero-order chi connectivity index (χ0) is 16.9. The van der Waals surface area contributed by atoms with E-state index >= 15 is 0 Å². The van der Waals surface area contributed by atoms with Gasteiger partial charge in [-0.1, -0.05) is 18.9 Å². The average molecular weight is 359 g/mol. The van der Waals surface area contributed by atoms with Crippen LogP contribution < -0.4 is 5.32 Å². The van der Waals surface area contributed by atoms with Crippen LogP contribution in [0, 0.1) is 0 Å². The van der Waals surface area contributed by atoms with Crippen molar-refractivity contribution < 1.29 is 13.2 Å². The summed E-state index contributed by atoms with van der Waals surface area (Å²) < 4.78 is 24.4. The van der Waals surface area contributed by atoms with E-state index in [0.29, 0.717) is 6.54 Å². The number of thiophene rings is 1. The molecule has 1 aromatic heterocycles. The van der Waals surface area contributed by atoms with Gasteiger partial charge in [0.1, 0.15) is 0 Å². The normalized spacial score (nSPS) is 17.5. The molecular weight excluding hydrogens is 332 g/mol. The van der Waals surface area contributed by atoms with Crippen LogP contribution in [-0.4, -0.2) is 50.9 Å². The molecule has 0 bridgehead atoms. The number of amides is 1. The predicted molar refractivity (Wildman–Crippen MR) is 94.4 cm³/mol. The van der Waals surface area contributed by atoms with Crippen molar-refractivity contribution in [3.8, 4) is 0 Å². The minimum absolute atomic E-state index is 0.0326. The van der Waals surface area contributed by atoms with Gasteiger partial charge in [0.2, 0.25) is 5.91 Å². The number of carbonyl (C=O) groups is 1. The van der Waals surface area contributed by atoms with Crippen molar-refractivity contribution >= 4 is 27.1 Å². The van der Waals surface area contributed by atoms with E-state index < -0.39 is 9.84 Å². The Morgan fingerprint density at radius 2 is 2.09 bits per heavy atom. The van der Waals surface area contributed by atoms with E-state index in [0.717, 1.165) is 25.7 Å². The molecule has 0 aromatic carbocycles. The van der Waals surface area contributed by atoms with Gasteiger partial charge in [0.25, 0.3) is 0 Å². The monoisotopic (exact) mass is 358 g/mol. The van der Waals surface area contributed by atoms with Gasteiger partial charge in [0.05, 0.1) is 17.0 Å². The Morgan fingerprint density at radius 3 is 2.65 bits per heavy atom. The minimum Gasteiger partial charge on any atom is -0.354 e. The molecule has 0 spiro atoms. The standard InChI is InChI=1S/C16H26N2O3S2/c1-18(2)14(15-8-5-10-22-15)12-17-16(19)9-11-23(20,21)13-6-3-4-7-13/h5,8,10,13-14H,3-4,6-7,9,11-12H2,1-2H3,(H,17,19). The van der Waals surface area contributed by atoms with Gasteiger partial charge in [0.15, 0.2) is 9.84 Å². The molecule has 23 heavy (non-hydrogen) atoms. The van der Waals surface area contributed by atoms with E-state index in [1.54, 1.807) is 11.3 Å². The summed E-state index contributed by atoms with van der Waals surface area (Å²) in [6.45, 7) is 0.496. The Balaban J connectivity index is 1.80. The van der Waals surface area contributed by atoms with Crippen LogP contribution in [0.3, 0.4) is 0 Å². The number of nitrogens with zero attached hydrogens (tertiary/aromatic N) is 1. The molecule has 7 heteroatoms. The first-order valence-electron chi connectivity index (χ1n) is 8.08. The molecule has 1 aromatic rings. The summed E-state index contributed by atoms with van der Waals surface area (Å²) in [4.78, 5) is 15.3. The second-order valence-electron chi connectivity index (χ2n) is 6.32. The average Bonchev–Trinajstić information content (AvgIpc) is 3.18. The maximum absolute atomic E-state index is 12.2. The highest BCUT2D eigenvalue weighted by Gasteiger charge is 2.29. The van der Waals surface area contributed by atoms with Gasteiger partial charge < -0.3 is 10.2 Å². The fraction of sp³-hybridized carbons (Fsp3) is 0.688. The van der Waals surface area contributed by atoms with E-state index in [1.165, 1.54) is 4.88 Å². The fourth-order valence-corrected chi connectivity index (χ4v) is 5.74.